The molecule has 0 heterocycles. The molecule has 0 radical (unpaired) electrons. The number of carbonyl (C=O) groups excluding carboxylic acids is 3. The lowest BCUT2D eigenvalue weighted by atomic mass is 9.76. The Kier molecular flexibility index (Phi) is 8.83. The van der Waals surface area contributed by atoms with Crippen LogP contribution in [0.4, 0.5) is 0 Å². The van der Waals surface area contributed by atoms with Crippen LogP contribution in [0, 0.1) is 0 Å². The number of hydrogen-bond donors (Lipinski definition) is 2. The molecular formula is C30H37NO5. The molecule has 0 saturated heterocycles. The fraction of sp³-hybridized carbons (Fsp3) is 0.467. The SMILES string of the molecule is CCCCCC(=O)NC1(c2ccc(C(C)C)cc2C(CCCC)C(=O)O)C(=O)c2ccccc2C1=O. The third-order valence-electron chi connectivity index (χ3n) is 7.10. The number of amides is 1. The van der Waals surface area contributed by atoms with Crippen molar-refractivity contribution in [3.05, 3.63) is 70.3 Å². The van der Waals surface area contributed by atoms with Gasteiger partial charge in [-0.3, -0.25) is 19.2 Å². The molecule has 0 aromatic heterocycles. The fourth-order valence-corrected chi connectivity index (χ4v) is 5.01. The van der Waals surface area contributed by atoms with E-state index in [1.165, 1.54) is 0 Å². The number of rotatable bonds is 12. The smallest absolute Gasteiger partial charge is 0.310 e. The van der Waals surface area contributed by atoms with E-state index in [2.05, 4.69) is 5.32 Å². The lowest BCUT2D eigenvalue weighted by Crippen LogP contribution is -2.54. The molecule has 192 valence electrons. The zero-order valence-electron chi connectivity index (χ0n) is 21.7. The molecule has 1 amide bonds. The van der Waals surface area contributed by atoms with Crippen LogP contribution in [0.15, 0.2) is 42.5 Å². The molecule has 0 saturated carbocycles. The number of aliphatic carboxylic acids is 1. The van der Waals surface area contributed by atoms with Crippen molar-refractivity contribution in [2.75, 3.05) is 0 Å². The summed E-state index contributed by atoms with van der Waals surface area (Å²) >= 11 is 0. The van der Waals surface area contributed by atoms with Crippen molar-refractivity contribution >= 4 is 23.4 Å². The van der Waals surface area contributed by atoms with Crippen LogP contribution in [0.25, 0.3) is 0 Å². The minimum Gasteiger partial charge on any atom is -0.481 e. The van der Waals surface area contributed by atoms with Crippen molar-refractivity contribution in [3.8, 4) is 0 Å². The van der Waals surface area contributed by atoms with E-state index in [1.54, 1.807) is 30.3 Å². The molecule has 6 heteroatoms. The number of carboxylic acid groups (broad SMARTS) is 1. The maximum atomic E-state index is 14.0. The summed E-state index contributed by atoms with van der Waals surface area (Å²) in [5.41, 5.74) is 0.122. The summed E-state index contributed by atoms with van der Waals surface area (Å²) in [6.07, 6.45) is 4.48. The van der Waals surface area contributed by atoms with Crippen LogP contribution in [0.1, 0.15) is 122 Å². The van der Waals surface area contributed by atoms with E-state index in [-0.39, 0.29) is 29.0 Å². The number of nitrogens with one attached hydrogen (secondary N) is 1. The summed E-state index contributed by atoms with van der Waals surface area (Å²) in [6.45, 7) is 8.04. The number of hydrogen-bond acceptors (Lipinski definition) is 4. The van der Waals surface area contributed by atoms with E-state index in [0.29, 0.717) is 24.8 Å². The number of fused-ring (bicyclic) bond motifs is 1. The Bertz CT molecular complexity index is 1110. The summed E-state index contributed by atoms with van der Waals surface area (Å²) in [5.74, 6) is -3.21. The highest BCUT2D eigenvalue weighted by Crippen LogP contribution is 2.42. The van der Waals surface area contributed by atoms with Crippen molar-refractivity contribution in [2.24, 2.45) is 0 Å². The molecule has 6 nitrogen and oxygen atoms in total. The van der Waals surface area contributed by atoms with Crippen molar-refractivity contribution < 1.29 is 24.3 Å². The molecule has 2 N–H and O–H groups in total. The molecule has 1 unspecified atom stereocenters. The van der Waals surface area contributed by atoms with Crippen LogP contribution in [0.2, 0.25) is 0 Å². The standard InChI is InChI=1S/C30H37NO5/c1-5-7-9-15-26(32)31-30(27(33)21-13-10-11-14-22(21)28(30)34)25-17-16-20(19(3)4)18-24(25)23(29(35)36)12-8-6-2/h10-11,13-14,16-19,23H,5-9,12,15H2,1-4H3,(H,31,32)(H,35,36). The molecule has 2 aromatic carbocycles. The third-order valence-corrected chi connectivity index (χ3v) is 7.10. The molecule has 0 bridgehead atoms. The van der Waals surface area contributed by atoms with Gasteiger partial charge in [-0.05, 0) is 35.4 Å². The average Bonchev–Trinajstić information content (AvgIpc) is 3.06. The Balaban J connectivity index is 2.26. The Morgan fingerprint density at radius 2 is 1.53 bits per heavy atom. The summed E-state index contributed by atoms with van der Waals surface area (Å²) < 4.78 is 0. The summed E-state index contributed by atoms with van der Waals surface area (Å²) in [5, 5.41) is 13.0. The van der Waals surface area contributed by atoms with Crippen molar-refractivity contribution in [1.29, 1.82) is 0 Å². The first kappa shape index (κ1) is 27.3. The molecule has 0 aliphatic heterocycles. The van der Waals surface area contributed by atoms with Gasteiger partial charge < -0.3 is 10.4 Å². The second-order valence-electron chi connectivity index (χ2n) is 9.99. The molecule has 3 rings (SSSR count). The first-order valence-electron chi connectivity index (χ1n) is 13.1. The molecule has 0 spiro atoms. The van der Waals surface area contributed by atoms with Gasteiger partial charge in [-0.2, -0.15) is 0 Å². The van der Waals surface area contributed by atoms with E-state index in [0.717, 1.165) is 24.8 Å². The van der Waals surface area contributed by atoms with Crippen LogP contribution in [-0.4, -0.2) is 28.5 Å². The highest BCUT2D eigenvalue weighted by atomic mass is 16.4. The Hall–Kier alpha value is -3.28. The Morgan fingerprint density at radius 3 is 2.06 bits per heavy atom. The summed E-state index contributed by atoms with van der Waals surface area (Å²) in [4.78, 5) is 53.6. The van der Waals surface area contributed by atoms with Gasteiger partial charge in [0.1, 0.15) is 0 Å². The monoisotopic (exact) mass is 491 g/mol. The highest BCUT2D eigenvalue weighted by molar-refractivity contribution is 6.34. The van der Waals surface area contributed by atoms with Gasteiger partial charge in [0, 0.05) is 17.5 Å². The molecule has 0 fully saturated rings. The van der Waals surface area contributed by atoms with Crippen molar-refractivity contribution in [2.45, 2.75) is 90.0 Å². The first-order valence-corrected chi connectivity index (χ1v) is 13.1. The van der Waals surface area contributed by atoms with Crippen LogP contribution < -0.4 is 5.32 Å². The second-order valence-corrected chi connectivity index (χ2v) is 9.99. The van der Waals surface area contributed by atoms with Crippen molar-refractivity contribution in [1.82, 2.24) is 5.32 Å². The number of carbonyl (C=O) groups is 4. The molecule has 2 aromatic rings. The van der Waals surface area contributed by atoms with Gasteiger partial charge in [0.05, 0.1) is 5.92 Å². The quantitative estimate of drug-likeness (QED) is 0.274. The second kappa shape index (κ2) is 11.6. The number of Topliss-reactive ketones (excluding diaryl/α,β-unsaturated/α-hetero) is 2. The van der Waals surface area contributed by atoms with Gasteiger partial charge in [0.25, 0.3) is 0 Å². The number of unbranched alkanes of at least 4 members (excludes halogenated alkanes) is 3. The molecule has 36 heavy (non-hydrogen) atoms. The topological polar surface area (TPSA) is 101 Å². The van der Waals surface area contributed by atoms with E-state index in [1.807, 2.05) is 39.8 Å². The largest absolute Gasteiger partial charge is 0.481 e. The van der Waals surface area contributed by atoms with E-state index < -0.39 is 34.9 Å². The van der Waals surface area contributed by atoms with Gasteiger partial charge in [-0.25, -0.2) is 0 Å². The maximum absolute atomic E-state index is 14.0. The van der Waals surface area contributed by atoms with Crippen LogP contribution in [0.3, 0.4) is 0 Å². The van der Waals surface area contributed by atoms with Crippen LogP contribution in [-0.2, 0) is 15.1 Å². The molecule has 1 aliphatic carbocycles. The summed E-state index contributed by atoms with van der Waals surface area (Å²) in [7, 11) is 0. The van der Waals surface area contributed by atoms with Gasteiger partial charge in [0.2, 0.25) is 17.5 Å². The van der Waals surface area contributed by atoms with Gasteiger partial charge in [-0.15, -0.1) is 0 Å². The van der Waals surface area contributed by atoms with E-state index in [4.69, 9.17) is 0 Å². The highest BCUT2D eigenvalue weighted by Gasteiger charge is 2.56. The molecule has 1 aliphatic rings. The fourth-order valence-electron chi connectivity index (χ4n) is 5.01. The predicted octanol–water partition coefficient (Wildman–Crippen LogP) is 6.14. The van der Waals surface area contributed by atoms with Crippen LogP contribution in [0.5, 0.6) is 0 Å². The maximum Gasteiger partial charge on any atom is 0.310 e. The third kappa shape index (κ3) is 5.13. The summed E-state index contributed by atoms with van der Waals surface area (Å²) in [6, 6.07) is 11.9. The zero-order valence-corrected chi connectivity index (χ0v) is 21.7. The normalized spacial score (nSPS) is 15.1. The minimum absolute atomic E-state index is 0.116. The first-order chi connectivity index (χ1) is 17.2. The van der Waals surface area contributed by atoms with Crippen LogP contribution >= 0.6 is 0 Å². The van der Waals surface area contributed by atoms with Gasteiger partial charge >= 0.3 is 5.97 Å². The van der Waals surface area contributed by atoms with Crippen molar-refractivity contribution in [3.63, 3.8) is 0 Å². The molecular weight excluding hydrogens is 454 g/mol. The number of ketones is 2. The van der Waals surface area contributed by atoms with Gasteiger partial charge in [0.15, 0.2) is 5.54 Å². The lowest BCUT2D eigenvalue weighted by Gasteiger charge is -2.32. The number of carboxylic acids is 1. The minimum atomic E-state index is -1.97. The molecule has 1 atom stereocenters. The number of benzene rings is 2. The Morgan fingerprint density at radius 1 is 0.917 bits per heavy atom. The lowest BCUT2D eigenvalue weighted by molar-refractivity contribution is -0.139. The predicted molar refractivity (Wildman–Crippen MR) is 139 cm³/mol. The zero-order chi connectivity index (χ0) is 26.5. The van der Waals surface area contributed by atoms with E-state index in [9.17, 15) is 24.3 Å². The average molecular weight is 492 g/mol. The van der Waals surface area contributed by atoms with E-state index >= 15 is 0 Å². The Labute approximate surface area is 213 Å². The van der Waals surface area contributed by atoms with Gasteiger partial charge in [-0.1, -0.05) is 95.8 Å².